The highest BCUT2D eigenvalue weighted by Crippen LogP contribution is 2.38. The van der Waals surface area contributed by atoms with Gasteiger partial charge in [0.05, 0.1) is 45.7 Å². The number of benzene rings is 1. The number of fused-ring (bicyclic) bond motifs is 3. The number of halogens is 2. The molecule has 0 saturated carbocycles. The highest BCUT2D eigenvalue weighted by atomic mass is 35.5. The van der Waals surface area contributed by atoms with E-state index in [1.807, 2.05) is 27.6 Å². The minimum Gasteiger partial charge on any atom is -0.347 e. The van der Waals surface area contributed by atoms with Crippen LogP contribution in [-0.2, 0) is 0 Å². The van der Waals surface area contributed by atoms with Crippen LogP contribution < -0.4 is 5.32 Å². The van der Waals surface area contributed by atoms with E-state index in [0.717, 1.165) is 35.9 Å². The Bertz CT molecular complexity index is 1140. The number of pyridine rings is 1. The maximum absolute atomic E-state index is 12.9. The van der Waals surface area contributed by atoms with E-state index in [0.29, 0.717) is 10.0 Å². The first-order chi connectivity index (χ1) is 14.0. The quantitative estimate of drug-likeness (QED) is 0.640. The van der Waals surface area contributed by atoms with Crippen molar-refractivity contribution in [2.75, 3.05) is 0 Å². The summed E-state index contributed by atoms with van der Waals surface area (Å²) in [6, 6.07) is 7.66. The summed E-state index contributed by atoms with van der Waals surface area (Å²) in [5.74, 6) is -0.299. The Balaban J connectivity index is 1.41. The van der Waals surface area contributed by atoms with E-state index < -0.39 is 0 Å². The molecular weight excluding hydrogens is 409 g/mol. The highest BCUT2D eigenvalue weighted by Gasteiger charge is 2.46. The molecule has 2 bridgehead atoms. The second-order valence-electron chi connectivity index (χ2n) is 7.58. The molecule has 1 N–H and O–H groups in total. The van der Waals surface area contributed by atoms with E-state index in [4.69, 9.17) is 23.2 Å². The number of hydrogen-bond donors (Lipinski definition) is 1. The topological polar surface area (TPSA) is 73.4 Å². The fourth-order valence-corrected chi connectivity index (χ4v) is 5.25. The van der Waals surface area contributed by atoms with E-state index in [1.165, 1.54) is 0 Å². The van der Waals surface area contributed by atoms with Crippen molar-refractivity contribution in [1.82, 2.24) is 19.6 Å². The fraction of sp³-hybridized carbons (Fsp3) is 0.286. The molecule has 3 atom stereocenters. The number of hydrogen-bond acceptors (Lipinski definition) is 4. The molecule has 0 aliphatic carbocycles. The Morgan fingerprint density at radius 2 is 2.00 bits per heavy atom. The maximum Gasteiger partial charge on any atom is 0.254 e. The van der Waals surface area contributed by atoms with Gasteiger partial charge in [-0.25, -0.2) is 4.98 Å². The molecule has 2 saturated heterocycles. The van der Waals surface area contributed by atoms with E-state index in [9.17, 15) is 10.1 Å². The normalized spacial score (nSPS) is 22.8. The predicted octanol–water partition coefficient (Wildman–Crippen LogP) is 4.12. The van der Waals surface area contributed by atoms with Gasteiger partial charge in [-0.2, -0.15) is 5.26 Å². The molecular formula is C21H17Cl2N5O. The number of amides is 1. The summed E-state index contributed by atoms with van der Waals surface area (Å²) < 4.78 is 1.91. The number of imidazole rings is 1. The third-order valence-corrected chi connectivity index (χ3v) is 6.58. The van der Waals surface area contributed by atoms with Crippen LogP contribution >= 0.6 is 23.2 Å². The molecule has 29 heavy (non-hydrogen) atoms. The summed E-state index contributed by atoms with van der Waals surface area (Å²) in [4.78, 5) is 18.8. The molecule has 2 aromatic heterocycles. The molecule has 3 aromatic rings. The molecule has 0 unspecified atom stereocenters. The number of aromatic nitrogens is 2. The smallest absolute Gasteiger partial charge is 0.254 e. The second-order valence-corrected chi connectivity index (χ2v) is 8.39. The molecule has 8 heteroatoms. The average Bonchev–Trinajstić information content (AvgIpc) is 3.40. The predicted molar refractivity (Wildman–Crippen MR) is 111 cm³/mol. The van der Waals surface area contributed by atoms with Crippen molar-refractivity contribution in [1.29, 1.82) is 5.26 Å². The van der Waals surface area contributed by atoms with Crippen molar-refractivity contribution < 1.29 is 4.79 Å². The molecule has 5 rings (SSSR count). The molecule has 2 aliphatic rings. The van der Waals surface area contributed by atoms with Gasteiger partial charge < -0.3 is 14.6 Å². The summed E-state index contributed by atoms with van der Waals surface area (Å²) in [6.45, 7) is 0. The van der Waals surface area contributed by atoms with Crippen LogP contribution in [0.1, 0.15) is 29.6 Å². The molecule has 0 radical (unpaired) electrons. The van der Waals surface area contributed by atoms with Crippen LogP contribution in [0, 0.1) is 11.5 Å². The lowest BCUT2D eigenvalue weighted by Crippen LogP contribution is -2.43. The Morgan fingerprint density at radius 1 is 1.21 bits per heavy atom. The SMILES string of the molecule is N#CN1[C@H]2CC[C@@H]1[C@H](NC(=O)c1c(Cl)cc(-c3ccc4cncn4c3)cc1Cl)C2. The first kappa shape index (κ1) is 18.3. The van der Waals surface area contributed by atoms with E-state index in [-0.39, 0.29) is 29.6 Å². The van der Waals surface area contributed by atoms with E-state index in [1.54, 1.807) is 24.7 Å². The number of nitrogens with zero attached hydrogens (tertiary/aromatic N) is 4. The third-order valence-electron chi connectivity index (χ3n) is 5.98. The van der Waals surface area contributed by atoms with Crippen molar-refractivity contribution in [3.8, 4) is 17.3 Å². The van der Waals surface area contributed by atoms with Crippen molar-refractivity contribution in [2.45, 2.75) is 37.4 Å². The van der Waals surface area contributed by atoms with Crippen LogP contribution in [0.4, 0.5) is 0 Å². The highest BCUT2D eigenvalue weighted by molar-refractivity contribution is 6.40. The lowest BCUT2D eigenvalue weighted by Gasteiger charge is -2.22. The Morgan fingerprint density at radius 3 is 2.72 bits per heavy atom. The molecule has 2 fully saturated rings. The zero-order chi connectivity index (χ0) is 20.1. The summed E-state index contributed by atoms with van der Waals surface area (Å²) in [5, 5.41) is 13.0. The Kier molecular flexibility index (Phi) is 4.38. The van der Waals surface area contributed by atoms with Crippen molar-refractivity contribution in [2.24, 2.45) is 0 Å². The van der Waals surface area contributed by atoms with E-state index in [2.05, 4.69) is 16.5 Å². The van der Waals surface area contributed by atoms with Gasteiger partial charge in [0.1, 0.15) is 0 Å². The van der Waals surface area contributed by atoms with Gasteiger partial charge in [-0.05, 0) is 48.6 Å². The van der Waals surface area contributed by atoms with Crippen LogP contribution in [0.5, 0.6) is 0 Å². The number of nitrogens with one attached hydrogen (secondary N) is 1. The molecule has 2 aliphatic heterocycles. The molecule has 146 valence electrons. The van der Waals surface area contributed by atoms with Gasteiger partial charge in [-0.15, -0.1) is 0 Å². The largest absolute Gasteiger partial charge is 0.347 e. The number of nitriles is 1. The van der Waals surface area contributed by atoms with E-state index >= 15 is 0 Å². The van der Waals surface area contributed by atoms with Gasteiger partial charge in [0.25, 0.3) is 5.91 Å². The molecule has 1 amide bonds. The average molecular weight is 426 g/mol. The van der Waals surface area contributed by atoms with Gasteiger partial charge in [-0.3, -0.25) is 4.79 Å². The summed E-state index contributed by atoms with van der Waals surface area (Å²) in [5.41, 5.74) is 3.00. The van der Waals surface area contributed by atoms with Crippen LogP contribution in [0.25, 0.3) is 16.6 Å². The van der Waals surface area contributed by atoms with Gasteiger partial charge in [0.2, 0.25) is 0 Å². The van der Waals surface area contributed by atoms with Crippen molar-refractivity contribution in [3.63, 3.8) is 0 Å². The van der Waals surface area contributed by atoms with Crippen LogP contribution in [0.2, 0.25) is 10.0 Å². The second kappa shape index (κ2) is 6.94. The van der Waals surface area contributed by atoms with Crippen LogP contribution in [-0.4, -0.2) is 38.3 Å². The Labute approximate surface area is 177 Å². The first-order valence-corrected chi connectivity index (χ1v) is 10.2. The third kappa shape index (κ3) is 3.02. The van der Waals surface area contributed by atoms with Gasteiger partial charge >= 0.3 is 0 Å². The minimum atomic E-state index is -0.299. The summed E-state index contributed by atoms with van der Waals surface area (Å²) >= 11 is 12.9. The molecule has 4 heterocycles. The zero-order valence-corrected chi connectivity index (χ0v) is 16.9. The van der Waals surface area contributed by atoms with Crippen LogP contribution in [0.3, 0.4) is 0 Å². The minimum absolute atomic E-state index is 0.0589. The number of rotatable bonds is 3. The first-order valence-electron chi connectivity index (χ1n) is 9.45. The molecule has 6 nitrogen and oxygen atoms in total. The number of carbonyl (C=O) groups excluding carboxylic acids is 1. The van der Waals surface area contributed by atoms with Gasteiger partial charge in [0.15, 0.2) is 6.19 Å². The van der Waals surface area contributed by atoms with Gasteiger partial charge in [-0.1, -0.05) is 29.3 Å². The van der Waals surface area contributed by atoms with Crippen LogP contribution in [0.15, 0.2) is 43.0 Å². The van der Waals surface area contributed by atoms with Gasteiger partial charge in [0, 0.05) is 12.2 Å². The Hall–Kier alpha value is -2.75. The number of carbonyl (C=O) groups is 1. The molecule has 0 spiro atoms. The summed E-state index contributed by atoms with van der Waals surface area (Å²) in [7, 11) is 0. The standard InChI is InChI=1S/C21H17Cl2N5O/c22-16-5-13(12-1-2-15-8-25-11-27(15)9-12)6-17(23)20(16)21(29)26-18-7-14-3-4-19(18)28(14)10-24/h1-2,5-6,8-9,11,14,18-19H,3-4,7H2,(H,26,29)/t14-,18+,19+/m0/s1. The lowest BCUT2D eigenvalue weighted by atomic mass is 9.95. The van der Waals surface area contributed by atoms with Crippen molar-refractivity contribution >= 4 is 34.6 Å². The zero-order valence-electron chi connectivity index (χ0n) is 15.3. The maximum atomic E-state index is 12.9. The lowest BCUT2D eigenvalue weighted by molar-refractivity contribution is 0.0928. The van der Waals surface area contributed by atoms with Crippen molar-refractivity contribution in [3.05, 3.63) is 58.6 Å². The monoisotopic (exact) mass is 425 g/mol. The summed E-state index contributed by atoms with van der Waals surface area (Å²) in [6.07, 6.45) is 10.4. The fourth-order valence-electron chi connectivity index (χ4n) is 4.59. The molecule has 1 aromatic carbocycles.